The first-order chi connectivity index (χ1) is 10.4. The number of halogens is 1. The Bertz CT molecular complexity index is 744. The first kappa shape index (κ1) is 17.3. The number of nitrogens with zero attached hydrogens (tertiary/aromatic N) is 1. The van der Waals surface area contributed by atoms with Crippen LogP contribution >= 0.6 is 27.3 Å². The minimum atomic E-state index is -3.65. The highest BCUT2D eigenvalue weighted by molar-refractivity contribution is 9.10. The molecule has 0 aliphatic carbocycles. The van der Waals surface area contributed by atoms with Gasteiger partial charge in [0.2, 0.25) is 10.0 Å². The van der Waals surface area contributed by atoms with E-state index in [2.05, 4.69) is 15.9 Å². The highest BCUT2D eigenvalue weighted by Crippen LogP contribution is 2.36. The van der Waals surface area contributed by atoms with Crippen LogP contribution in [0.5, 0.6) is 11.5 Å². The Morgan fingerprint density at radius 3 is 2.41 bits per heavy atom. The fourth-order valence-corrected chi connectivity index (χ4v) is 4.89. The Labute approximate surface area is 142 Å². The normalized spacial score (nSPS) is 11.7. The van der Waals surface area contributed by atoms with Crippen LogP contribution < -0.4 is 9.47 Å². The van der Waals surface area contributed by atoms with Crippen molar-refractivity contribution in [3.8, 4) is 11.5 Å². The number of hydrogen-bond acceptors (Lipinski definition) is 5. The Kier molecular flexibility index (Phi) is 5.49. The fourth-order valence-electron chi connectivity index (χ4n) is 1.91. The van der Waals surface area contributed by atoms with Gasteiger partial charge in [-0.25, -0.2) is 8.42 Å². The van der Waals surface area contributed by atoms with Crippen LogP contribution in [0.25, 0.3) is 0 Å². The highest BCUT2D eigenvalue weighted by Gasteiger charge is 2.26. The third-order valence-electron chi connectivity index (χ3n) is 3.08. The lowest BCUT2D eigenvalue weighted by Crippen LogP contribution is -2.26. The standard InChI is InChI=1S/C14H16BrNO4S2/c1-16(9-10-5-4-6-21-10)22(17,18)14-8-13(20-3)12(19-2)7-11(14)15/h4-8H,9H2,1-3H3. The van der Waals surface area contributed by atoms with Gasteiger partial charge in [-0.3, -0.25) is 0 Å². The van der Waals surface area contributed by atoms with E-state index in [4.69, 9.17) is 9.47 Å². The predicted octanol–water partition coefficient (Wildman–Crippen LogP) is 3.35. The molecule has 0 aliphatic heterocycles. The molecule has 0 radical (unpaired) electrons. The van der Waals surface area contributed by atoms with Crippen molar-refractivity contribution < 1.29 is 17.9 Å². The molecule has 0 spiro atoms. The van der Waals surface area contributed by atoms with Gasteiger partial charge in [0.05, 0.1) is 14.2 Å². The Balaban J connectivity index is 2.40. The van der Waals surface area contributed by atoms with Crippen molar-refractivity contribution in [2.45, 2.75) is 11.4 Å². The van der Waals surface area contributed by atoms with E-state index in [0.29, 0.717) is 22.5 Å². The number of ether oxygens (including phenoxy) is 2. The van der Waals surface area contributed by atoms with Crippen molar-refractivity contribution in [1.29, 1.82) is 0 Å². The summed E-state index contributed by atoms with van der Waals surface area (Å²) in [7, 11) is 0.879. The molecule has 0 aliphatic rings. The first-order valence-electron chi connectivity index (χ1n) is 6.30. The molecule has 0 amide bonds. The molecular weight excluding hydrogens is 390 g/mol. The summed E-state index contributed by atoms with van der Waals surface area (Å²) in [6.07, 6.45) is 0. The number of hydrogen-bond donors (Lipinski definition) is 0. The number of rotatable bonds is 6. The van der Waals surface area contributed by atoms with Gasteiger partial charge in [0.15, 0.2) is 11.5 Å². The van der Waals surface area contributed by atoms with Crippen molar-refractivity contribution in [2.75, 3.05) is 21.3 Å². The van der Waals surface area contributed by atoms with E-state index in [-0.39, 0.29) is 4.90 Å². The lowest BCUT2D eigenvalue weighted by Gasteiger charge is -2.19. The van der Waals surface area contributed by atoms with Crippen molar-refractivity contribution >= 4 is 37.3 Å². The SMILES string of the molecule is COc1cc(Br)c(S(=O)(=O)N(C)Cc2cccs2)cc1OC. The molecule has 22 heavy (non-hydrogen) atoms. The molecular formula is C14H16BrNO4S2. The second kappa shape index (κ2) is 6.99. The molecule has 5 nitrogen and oxygen atoms in total. The predicted molar refractivity (Wildman–Crippen MR) is 90.2 cm³/mol. The lowest BCUT2D eigenvalue weighted by molar-refractivity contribution is 0.353. The summed E-state index contributed by atoms with van der Waals surface area (Å²) in [6, 6.07) is 6.85. The zero-order valence-electron chi connectivity index (χ0n) is 12.4. The van der Waals surface area contributed by atoms with E-state index in [1.54, 1.807) is 13.1 Å². The van der Waals surface area contributed by atoms with E-state index in [9.17, 15) is 8.42 Å². The van der Waals surface area contributed by atoms with Crippen molar-refractivity contribution in [1.82, 2.24) is 4.31 Å². The summed E-state index contributed by atoms with van der Waals surface area (Å²) in [5.74, 6) is 0.836. The third-order valence-corrected chi connectivity index (χ3v) is 6.71. The molecule has 0 atom stereocenters. The fraction of sp³-hybridized carbons (Fsp3) is 0.286. The molecule has 2 rings (SSSR count). The average molecular weight is 406 g/mol. The average Bonchev–Trinajstić information content (AvgIpc) is 2.99. The van der Waals surface area contributed by atoms with Crippen molar-refractivity contribution in [3.05, 3.63) is 39.0 Å². The lowest BCUT2D eigenvalue weighted by atomic mass is 10.3. The molecule has 1 aromatic heterocycles. The van der Waals surface area contributed by atoms with Gasteiger partial charge in [0.1, 0.15) is 4.90 Å². The van der Waals surface area contributed by atoms with Gasteiger partial charge in [-0.2, -0.15) is 4.31 Å². The number of sulfonamides is 1. The third kappa shape index (κ3) is 3.45. The van der Waals surface area contributed by atoms with Gasteiger partial charge in [-0.05, 0) is 33.4 Å². The van der Waals surface area contributed by atoms with Crippen molar-refractivity contribution in [3.63, 3.8) is 0 Å². The first-order valence-corrected chi connectivity index (χ1v) is 9.41. The van der Waals surface area contributed by atoms with E-state index in [1.807, 2.05) is 17.5 Å². The van der Waals surface area contributed by atoms with Crippen molar-refractivity contribution in [2.24, 2.45) is 0 Å². The smallest absolute Gasteiger partial charge is 0.244 e. The number of thiophene rings is 1. The molecule has 1 heterocycles. The van der Waals surface area contributed by atoms with E-state index in [1.165, 1.54) is 35.9 Å². The molecule has 0 fully saturated rings. The minimum Gasteiger partial charge on any atom is -0.493 e. The zero-order chi connectivity index (χ0) is 16.3. The molecule has 0 saturated carbocycles. The van der Waals surface area contributed by atoms with E-state index >= 15 is 0 Å². The van der Waals surface area contributed by atoms with Crippen LogP contribution in [0.2, 0.25) is 0 Å². The van der Waals surface area contributed by atoms with Crippen LogP contribution in [0.1, 0.15) is 4.88 Å². The summed E-state index contributed by atoms with van der Waals surface area (Å²) in [4.78, 5) is 1.12. The van der Waals surface area contributed by atoms with Crippen LogP contribution in [-0.4, -0.2) is 34.0 Å². The summed E-state index contributed by atoms with van der Waals surface area (Å²) in [5.41, 5.74) is 0. The minimum absolute atomic E-state index is 0.143. The topological polar surface area (TPSA) is 55.8 Å². The molecule has 8 heteroatoms. The summed E-state index contributed by atoms with van der Waals surface area (Å²) in [6.45, 7) is 0.320. The van der Waals surface area contributed by atoms with Gasteiger partial charge >= 0.3 is 0 Å². The van der Waals surface area contributed by atoms with E-state index < -0.39 is 10.0 Å². The second-order valence-corrected chi connectivity index (χ2v) is 8.38. The van der Waals surface area contributed by atoms with Crippen LogP contribution in [0.4, 0.5) is 0 Å². The summed E-state index contributed by atoms with van der Waals surface area (Å²) >= 11 is 4.81. The largest absolute Gasteiger partial charge is 0.493 e. The molecule has 0 unspecified atom stereocenters. The van der Waals surface area contributed by atoms with E-state index in [0.717, 1.165) is 4.88 Å². The van der Waals surface area contributed by atoms with Crippen LogP contribution in [0.3, 0.4) is 0 Å². The van der Waals surface area contributed by atoms with Crippen LogP contribution in [0.15, 0.2) is 39.0 Å². The van der Waals surface area contributed by atoms with Gasteiger partial charge in [0.25, 0.3) is 0 Å². The quantitative estimate of drug-likeness (QED) is 0.739. The van der Waals surface area contributed by atoms with Crippen LogP contribution in [0, 0.1) is 0 Å². The summed E-state index contributed by atoms with van der Waals surface area (Å²) < 4.78 is 37.6. The number of methoxy groups -OCH3 is 2. The molecule has 2 aromatic rings. The Hall–Kier alpha value is -1.09. The molecule has 0 N–H and O–H groups in total. The molecule has 1 aromatic carbocycles. The molecule has 0 bridgehead atoms. The maximum atomic E-state index is 12.8. The van der Waals surface area contributed by atoms with Gasteiger partial charge in [-0.1, -0.05) is 6.07 Å². The summed E-state index contributed by atoms with van der Waals surface area (Å²) in [5, 5.41) is 1.92. The highest BCUT2D eigenvalue weighted by atomic mass is 79.9. The zero-order valence-corrected chi connectivity index (χ0v) is 15.6. The maximum absolute atomic E-state index is 12.8. The van der Waals surface area contributed by atoms with Gasteiger partial charge < -0.3 is 9.47 Å². The Morgan fingerprint density at radius 1 is 1.23 bits per heavy atom. The van der Waals surface area contributed by atoms with Gasteiger partial charge in [0, 0.05) is 29.0 Å². The number of benzene rings is 1. The molecule has 0 saturated heterocycles. The maximum Gasteiger partial charge on any atom is 0.244 e. The van der Waals surface area contributed by atoms with Gasteiger partial charge in [-0.15, -0.1) is 11.3 Å². The van der Waals surface area contributed by atoms with Crippen LogP contribution in [-0.2, 0) is 16.6 Å². The Morgan fingerprint density at radius 2 is 1.86 bits per heavy atom. The monoisotopic (exact) mass is 405 g/mol. The molecule has 120 valence electrons. The second-order valence-electron chi connectivity index (χ2n) is 4.48.